The van der Waals surface area contributed by atoms with E-state index in [0.717, 1.165) is 36.9 Å². The lowest BCUT2D eigenvalue weighted by molar-refractivity contribution is 0.213. The van der Waals surface area contributed by atoms with Crippen LogP contribution in [0.5, 0.6) is 0 Å². The van der Waals surface area contributed by atoms with Gasteiger partial charge in [-0.1, -0.05) is 20.8 Å². The van der Waals surface area contributed by atoms with E-state index in [9.17, 15) is 8.42 Å². The molecule has 1 saturated carbocycles. The molecule has 2 rings (SSSR count). The summed E-state index contributed by atoms with van der Waals surface area (Å²) < 4.78 is 28.2. The standard InChI is InChI=1S/C14H26N4O2S/c1-5-14(7-6-8-14)18-21(19,20)13-12(9-15-10(2)3)11(4)16-17-13/h10,15,18H,5-9H2,1-4H3,(H,16,17). The molecule has 0 aliphatic heterocycles. The second kappa shape index (κ2) is 6.06. The van der Waals surface area contributed by atoms with Gasteiger partial charge in [-0.2, -0.15) is 5.10 Å². The molecule has 1 heterocycles. The molecule has 1 fully saturated rings. The van der Waals surface area contributed by atoms with E-state index in [4.69, 9.17) is 0 Å². The zero-order chi connectivity index (χ0) is 15.7. The van der Waals surface area contributed by atoms with Crippen molar-refractivity contribution >= 4 is 10.0 Å². The first-order chi connectivity index (χ1) is 9.80. The number of sulfonamides is 1. The number of nitrogens with zero attached hydrogens (tertiary/aromatic N) is 1. The summed E-state index contributed by atoms with van der Waals surface area (Å²) in [7, 11) is -3.58. The van der Waals surface area contributed by atoms with Crippen molar-refractivity contribution in [2.24, 2.45) is 0 Å². The lowest BCUT2D eigenvalue weighted by Crippen LogP contribution is -2.53. The summed E-state index contributed by atoms with van der Waals surface area (Å²) in [5.41, 5.74) is 1.25. The third-order valence-electron chi connectivity index (χ3n) is 4.32. The Morgan fingerprint density at radius 1 is 1.38 bits per heavy atom. The Morgan fingerprint density at radius 3 is 2.52 bits per heavy atom. The van der Waals surface area contributed by atoms with Gasteiger partial charge in [0.25, 0.3) is 10.0 Å². The Labute approximate surface area is 127 Å². The first-order valence-electron chi connectivity index (χ1n) is 7.61. The average molecular weight is 314 g/mol. The second-order valence-electron chi connectivity index (χ2n) is 6.26. The van der Waals surface area contributed by atoms with Gasteiger partial charge in [0, 0.05) is 29.4 Å². The molecule has 21 heavy (non-hydrogen) atoms. The molecule has 1 aromatic heterocycles. The average Bonchev–Trinajstić information content (AvgIpc) is 2.73. The van der Waals surface area contributed by atoms with Gasteiger partial charge >= 0.3 is 0 Å². The largest absolute Gasteiger partial charge is 0.310 e. The third-order valence-corrected chi connectivity index (χ3v) is 5.86. The van der Waals surface area contributed by atoms with Gasteiger partial charge < -0.3 is 5.32 Å². The number of H-pyrrole nitrogens is 1. The van der Waals surface area contributed by atoms with Gasteiger partial charge in [-0.3, -0.25) is 5.10 Å². The zero-order valence-electron chi connectivity index (χ0n) is 13.3. The Kier molecular flexibility index (Phi) is 4.75. The lowest BCUT2D eigenvalue weighted by atomic mass is 9.76. The Morgan fingerprint density at radius 2 is 2.05 bits per heavy atom. The summed E-state index contributed by atoms with van der Waals surface area (Å²) in [5.74, 6) is 0. The topological polar surface area (TPSA) is 86.9 Å². The van der Waals surface area contributed by atoms with Crippen LogP contribution in [-0.2, 0) is 16.6 Å². The molecule has 1 aliphatic rings. The molecule has 120 valence electrons. The Balaban J connectivity index is 2.24. The molecular weight excluding hydrogens is 288 g/mol. The number of aromatic amines is 1. The monoisotopic (exact) mass is 314 g/mol. The fourth-order valence-electron chi connectivity index (χ4n) is 2.63. The molecule has 0 radical (unpaired) electrons. The SMILES string of the molecule is CCC1(NS(=O)(=O)c2n[nH]c(C)c2CNC(C)C)CCC1. The van der Waals surface area contributed by atoms with Crippen molar-refractivity contribution < 1.29 is 8.42 Å². The quantitative estimate of drug-likeness (QED) is 0.716. The molecular formula is C14H26N4O2S. The first kappa shape index (κ1) is 16.5. The maximum absolute atomic E-state index is 12.7. The Hall–Kier alpha value is -0.920. The van der Waals surface area contributed by atoms with Crippen LogP contribution in [0, 0.1) is 6.92 Å². The fourth-order valence-corrected chi connectivity index (χ4v) is 4.36. The highest BCUT2D eigenvalue weighted by molar-refractivity contribution is 7.89. The molecule has 0 bridgehead atoms. The fraction of sp³-hybridized carbons (Fsp3) is 0.786. The van der Waals surface area contributed by atoms with Gasteiger partial charge in [0.05, 0.1) is 0 Å². The molecule has 0 spiro atoms. The van der Waals surface area contributed by atoms with Crippen molar-refractivity contribution in [3.63, 3.8) is 0 Å². The zero-order valence-corrected chi connectivity index (χ0v) is 14.1. The highest BCUT2D eigenvalue weighted by Crippen LogP contribution is 2.36. The van der Waals surface area contributed by atoms with E-state index in [1.54, 1.807) is 0 Å². The number of aryl methyl sites for hydroxylation is 1. The molecule has 6 nitrogen and oxygen atoms in total. The predicted octanol–water partition coefficient (Wildman–Crippen LogP) is 1.83. The number of nitrogens with one attached hydrogen (secondary N) is 3. The summed E-state index contributed by atoms with van der Waals surface area (Å²) >= 11 is 0. The molecule has 0 amide bonds. The maximum Gasteiger partial charge on any atom is 0.260 e. The number of hydrogen-bond donors (Lipinski definition) is 3. The van der Waals surface area contributed by atoms with Crippen molar-refractivity contribution in [1.82, 2.24) is 20.2 Å². The number of hydrogen-bond acceptors (Lipinski definition) is 4. The highest BCUT2D eigenvalue weighted by Gasteiger charge is 2.40. The van der Waals surface area contributed by atoms with Crippen LogP contribution in [0.1, 0.15) is 57.7 Å². The summed E-state index contributed by atoms with van der Waals surface area (Å²) in [6, 6.07) is 0.288. The minimum atomic E-state index is -3.58. The summed E-state index contributed by atoms with van der Waals surface area (Å²) in [6.45, 7) is 8.43. The minimum Gasteiger partial charge on any atom is -0.310 e. The molecule has 3 N–H and O–H groups in total. The summed E-state index contributed by atoms with van der Waals surface area (Å²) in [5, 5.41) is 10.2. The number of aromatic nitrogens is 2. The third kappa shape index (κ3) is 3.46. The molecule has 7 heteroatoms. The summed E-state index contributed by atoms with van der Waals surface area (Å²) in [6.07, 6.45) is 3.71. The van der Waals surface area contributed by atoms with E-state index in [1.807, 2.05) is 27.7 Å². The van der Waals surface area contributed by atoms with Crippen LogP contribution in [0.4, 0.5) is 0 Å². The van der Waals surface area contributed by atoms with Crippen molar-refractivity contribution in [2.45, 2.75) is 76.5 Å². The van der Waals surface area contributed by atoms with Crippen molar-refractivity contribution in [3.05, 3.63) is 11.3 Å². The molecule has 1 aromatic rings. The normalized spacial score (nSPS) is 18.0. The van der Waals surface area contributed by atoms with E-state index in [1.165, 1.54) is 0 Å². The molecule has 0 aromatic carbocycles. The maximum atomic E-state index is 12.7. The smallest absolute Gasteiger partial charge is 0.260 e. The van der Waals surface area contributed by atoms with Crippen molar-refractivity contribution in [3.8, 4) is 0 Å². The van der Waals surface area contributed by atoms with Crippen LogP contribution in [-0.4, -0.2) is 30.2 Å². The van der Waals surface area contributed by atoms with Gasteiger partial charge in [-0.15, -0.1) is 0 Å². The first-order valence-corrected chi connectivity index (χ1v) is 9.09. The highest BCUT2D eigenvalue weighted by atomic mass is 32.2. The van der Waals surface area contributed by atoms with Crippen LogP contribution < -0.4 is 10.0 Å². The van der Waals surface area contributed by atoms with Gasteiger partial charge in [-0.05, 0) is 32.6 Å². The van der Waals surface area contributed by atoms with Gasteiger partial charge in [0.2, 0.25) is 0 Å². The van der Waals surface area contributed by atoms with E-state index >= 15 is 0 Å². The van der Waals surface area contributed by atoms with Crippen LogP contribution >= 0.6 is 0 Å². The van der Waals surface area contributed by atoms with Gasteiger partial charge in [0.1, 0.15) is 0 Å². The summed E-state index contributed by atoms with van der Waals surface area (Å²) in [4.78, 5) is 0. The molecule has 0 saturated heterocycles. The van der Waals surface area contributed by atoms with Crippen LogP contribution in [0.2, 0.25) is 0 Å². The van der Waals surface area contributed by atoms with Crippen LogP contribution in [0.15, 0.2) is 5.03 Å². The molecule has 1 aliphatic carbocycles. The van der Waals surface area contributed by atoms with Crippen molar-refractivity contribution in [1.29, 1.82) is 0 Å². The van der Waals surface area contributed by atoms with Crippen LogP contribution in [0.3, 0.4) is 0 Å². The number of rotatable bonds is 7. The van der Waals surface area contributed by atoms with E-state index in [0.29, 0.717) is 6.54 Å². The van der Waals surface area contributed by atoms with E-state index < -0.39 is 10.0 Å². The predicted molar refractivity (Wildman–Crippen MR) is 82.5 cm³/mol. The molecule has 0 atom stereocenters. The molecule has 0 unspecified atom stereocenters. The Bertz CT molecular complexity index is 583. The van der Waals surface area contributed by atoms with Gasteiger partial charge in [0.15, 0.2) is 5.03 Å². The van der Waals surface area contributed by atoms with Crippen molar-refractivity contribution in [2.75, 3.05) is 0 Å². The van der Waals surface area contributed by atoms with E-state index in [-0.39, 0.29) is 16.6 Å². The minimum absolute atomic E-state index is 0.132. The van der Waals surface area contributed by atoms with E-state index in [2.05, 4.69) is 20.2 Å². The van der Waals surface area contributed by atoms with Crippen LogP contribution in [0.25, 0.3) is 0 Å². The lowest BCUT2D eigenvalue weighted by Gasteiger charge is -2.41. The van der Waals surface area contributed by atoms with Gasteiger partial charge in [-0.25, -0.2) is 13.1 Å². The second-order valence-corrected chi connectivity index (χ2v) is 7.86.